The van der Waals surface area contributed by atoms with E-state index in [0.29, 0.717) is 17.4 Å². The van der Waals surface area contributed by atoms with Crippen LogP contribution < -0.4 is 5.73 Å². The number of rotatable bonds is 3. The van der Waals surface area contributed by atoms with Gasteiger partial charge < -0.3 is 10.3 Å². The molecule has 0 saturated carbocycles. The maximum atomic E-state index is 6.13. The minimum atomic E-state index is -0.429. The van der Waals surface area contributed by atoms with Crippen molar-refractivity contribution >= 4 is 0 Å². The van der Waals surface area contributed by atoms with Gasteiger partial charge in [0.25, 0.3) is 0 Å². The highest BCUT2D eigenvalue weighted by Gasteiger charge is 2.18. The second-order valence-electron chi connectivity index (χ2n) is 4.51. The van der Waals surface area contributed by atoms with Crippen LogP contribution in [-0.2, 0) is 0 Å². The molecule has 100 valence electrons. The molecule has 5 nitrogen and oxygen atoms in total. The maximum Gasteiger partial charge on any atom is 0.248 e. The fourth-order valence-corrected chi connectivity index (χ4v) is 1.98. The lowest BCUT2D eigenvalue weighted by Gasteiger charge is -2.05. The molecule has 0 bridgehead atoms. The highest BCUT2D eigenvalue weighted by atomic mass is 16.5. The molecule has 0 saturated heterocycles. The Morgan fingerprint density at radius 2 is 1.90 bits per heavy atom. The zero-order chi connectivity index (χ0) is 13.9. The van der Waals surface area contributed by atoms with Crippen molar-refractivity contribution in [2.24, 2.45) is 5.73 Å². The van der Waals surface area contributed by atoms with E-state index in [1.54, 1.807) is 6.20 Å². The molecule has 2 heterocycles. The highest BCUT2D eigenvalue weighted by molar-refractivity contribution is 5.53. The minimum Gasteiger partial charge on any atom is -0.337 e. The molecular formula is C15H14N4O. The van der Waals surface area contributed by atoms with E-state index in [1.165, 1.54) is 0 Å². The summed E-state index contributed by atoms with van der Waals surface area (Å²) in [5, 5.41) is 3.97. The number of pyridine rings is 1. The van der Waals surface area contributed by atoms with Gasteiger partial charge in [-0.05, 0) is 24.1 Å². The summed E-state index contributed by atoms with van der Waals surface area (Å²) in [4.78, 5) is 8.62. The van der Waals surface area contributed by atoms with Gasteiger partial charge in [0.2, 0.25) is 11.7 Å². The molecule has 0 spiro atoms. The maximum absolute atomic E-state index is 6.13. The van der Waals surface area contributed by atoms with Crippen LogP contribution in [0.4, 0.5) is 0 Å². The van der Waals surface area contributed by atoms with Gasteiger partial charge in [0.05, 0.1) is 0 Å². The van der Waals surface area contributed by atoms with E-state index in [0.717, 1.165) is 11.1 Å². The Hall–Kier alpha value is -2.53. The molecule has 0 fully saturated rings. The topological polar surface area (TPSA) is 77.8 Å². The summed E-state index contributed by atoms with van der Waals surface area (Å²) in [6, 6.07) is 13.0. The Balaban J connectivity index is 1.93. The van der Waals surface area contributed by atoms with Gasteiger partial charge in [-0.25, -0.2) is 0 Å². The number of hydrogen-bond donors (Lipinski definition) is 1. The lowest BCUT2D eigenvalue weighted by atomic mass is 10.1. The van der Waals surface area contributed by atoms with Crippen molar-refractivity contribution in [2.45, 2.75) is 13.0 Å². The van der Waals surface area contributed by atoms with Gasteiger partial charge in [-0.2, -0.15) is 4.98 Å². The van der Waals surface area contributed by atoms with Crippen LogP contribution in [0.5, 0.6) is 0 Å². The molecule has 1 unspecified atom stereocenters. The molecule has 3 aromatic rings. The van der Waals surface area contributed by atoms with Crippen molar-refractivity contribution in [3.63, 3.8) is 0 Å². The quantitative estimate of drug-likeness (QED) is 0.788. The van der Waals surface area contributed by atoms with Gasteiger partial charge in [0.1, 0.15) is 11.7 Å². The first-order valence-electron chi connectivity index (χ1n) is 6.32. The third-order valence-corrected chi connectivity index (χ3v) is 3.09. The number of aromatic nitrogens is 3. The van der Waals surface area contributed by atoms with E-state index in [2.05, 4.69) is 15.1 Å². The summed E-state index contributed by atoms with van der Waals surface area (Å²) in [5.41, 5.74) is 8.76. The van der Waals surface area contributed by atoms with E-state index in [9.17, 15) is 0 Å². The fraction of sp³-hybridized carbons (Fsp3) is 0.133. The van der Waals surface area contributed by atoms with Gasteiger partial charge in [0, 0.05) is 6.20 Å². The number of aryl methyl sites for hydroxylation is 1. The molecule has 20 heavy (non-hydrogen) atoms. The predicted octanol–water partition coefficient (Wildman–Crippen LogP) is 2.49. The van der Waals surface area contributed by atoms with Gasteiger partial charge >= 0.3 is 0 Å². The van der Waals surface area contributed by atoms with Crippen molar-refractivity contribution in [1.29, 1.82) is 0 Å². The normalized spacial score (nSPS) is 12.3. The van der Waals surface area contributed by atoms with Crippen LogP contribution in [0.3, 0.4) is 0 Å². The van der Waals surface area contributed by atoms with Crippen LogP contribution in [0.2, 0.25) is 0 Å². The summed E-state index contributed by atoms with van der Waals surface area (Å²) < 4.78 is 5.26. The average molecular weight is 266 g/mol. The number of hydrogen-bond acceptors (Lipinski definition) is 5. The zero-order valence-electron chi connectivity index (χ0n) is 11.0. The summed E-state index contributed by atoms with van der Waals surface area (Å²) in [6.45, 7) is 1.95. The Bertz CT molecular complexity index is 709. The van der Waals surface area contributed by atoms with E-state index < -0.39 is 6.04 Å². The zero-order valence-corrected chi connectivity index (χ0v) is 11.0. The van der Waals surface area contributed by atoms with E-state index in [-0.39, 0.29) is 0 Å². The largest absolute Gasteiger partial charge is 0.337 e. The molecule has 1 aromatic carbocycles. The molecular weight excluding hydrogens is 252 g/mol. The fourth-order valence-electron chi connectivity index (χ4n) is 1.98. The first-order chi connectivity index (χ1) is 9.75. The molecule has 3 rings (SSSR count). The van der Waals surface area contributed by atoms with Crippen molar-refractivity contribution in [3.8, 4) is 11.5 Å². The summed E-state index contributed by atoms with van der Waals surface area (Å²) >= 11 is 0. The standard InChI is InChI=1S/C15H14N4O/c1-10-6-5-9-17-13(10)14-18-15(20-19-14)12(16)11-7-3-2-4-8-11/h2-9,12H,16H2,1H3. The van der Waals surface area contributed by atoms with Crippen molar-refractivity contribution in [3.05, 3.63) is 65.7 Å². The van der Waals surface area contributed by atoms with Crippen LogP contribution in [0, 0.1) is 6.92 Å². The SMILES string of the molecule is Cc1cccnc1-c1noc(C(N)c2ccccc2)n1. The van der Waals surface area contributed by atoms with Crippen LogP contribution in [0.1, 0.15) is 23.1 Å². The van der Waals surface area contributed by atoms with Gasteiger partial charge in [-0.15, -0.1) is 0 Å². The highest BCUT2D eigenvalue weighted by Crippen LogP contribution is 2.22. The van der Waals surface area contributed by atoms with Gasteiger partial charge in [0.15, 0.2) is 0 Å². The van der Waals surface area contributed by atoms with Crippen molar-refractivity contribution in [2.75, 3.05) is 0 Å². The van der Waals surface area contributed by atoms with Crippen molar-refractivity contribution < 1.29 is 4.52 Å². The first kappa shape index (κ1) is 12.5. The monoisotopic (exact) mass is 266 g/mol. The van der Waals surface area contributed by atoms with Crippen LogP contribution in [-0.4, -0.2) is 15.1 Å². The minimum absolute atomic E-state index is 0.385. The second kappa shape index (κ2) is 5.22. The molecule has 0 aliphatic carbocycles. The van der Waals surface area contributed by atoms with E-state index in [4.69, 9.17) is 10.3 Å². The molecule has 2 aromatic heterocycles. The molecule has 0 aliphatic heterocycles. The Labute approximate surface area is 116 Å². The van der Waals surface area contributed by atoms with Gasteiger partial charge in [-0.3, -0.25) is 4.98 Å². The lowest BCUT2D eigenvalue weighted by molar-refractivity contribution is 0.367. The molecule has 2 N–H and O–H groups in total. The number of benzene rings is 1. The van der Waals surface area contributed by atoms with Crippen molar-refractivity contribution in [1.82, 2.24) is 15.1 Å². The van der Waals surface area contributed by atoms with Crippen LogP contribution in [0.15, 0.2) is 53.2 Å². The third kappa shape index (κ3) is 2.31. The van der Waals surface area contributed by atoms with Crippen LogP contribution >= 0.6 is 0 Å². The summed E-state index contributed by atoms with van der Waals surface area (Å²) in [7, 11) is 0. The molecule has 0 aliphatic rings. The first-order valence-corrected chi connectivity index (χ1v) is 6.32. The second-order valence-corrected chi connectivity index (χ2v) is 4.51. The predicted molar refractivity (Wildman–Crippen MR) is 74.7 cm³/mol. The average Bonchev–Trinajstić information content (AvgIpc) is 2.97. The third-order valence-electron chi connectivity index (χ3n) is 3.09. The number of nitrogens with two attached hydrogens (primary N) is 1. The smallest absolute Gasteiger partial charge is 0.248 e. The summed E-state index contributed by atoms with van der Waals surface area (Å²) in [6.07, 6.45) is 1.70. The Kier molecular flexibility index (Phi) is 3.26. The molecule has 0 radical (unpaired) electrons. The van der Waals surface area contributed by atoms with Gasteiger partial charge in [-0.1, -0.05) is 41.6 Å². The lowest BCUT2D eigenvalue weighted by Crippen LogP contribution is -2.12. The van der Waals surface area contributed by atoms with E-state index >= 15 is 0 Å². The molecule has 1 atom stereocenters. The van der Waals surface area contributed by atoms with E-state index in [1.807, 2.05) is 49.4 Å². The summed E-state index contributed by atoms with van der Waals surface area (Å²) in [5.74, 6) is 0.848. The Morgan fingerprint density at radius 3 is 2.65 bits per heavy atom. The molecule has 0 amide bonds. The Morgan fingerprint density at radius 1 is 1.10 bits per heavy atom. The molecule has 5 heteroatoms. The van der Waals surface area contributed by atoms with Crippen LogP contribution in [0.25, 0.3) is 11.5 Å². The number of nitrogens with zero attached hydrogens (tertiary/aromatic N) is 3.